The maximum absolute atomic E-state index is 10.6. The van der Waals surface area contributed by atoms with Crippen molar-refractivity contribution in [2.24, 2.45) is 5.73 Å². The summed E-state index contributed by atoms with van der Waals surface area (Å²) in [5, 5.41) is 7.60. The Labute approximate surface area is 93.7 Å². The molecule has 1 aromatic rings. The third kappa shape index (κ3) is 5.39. The molecule has 84 valence electrons. The molecule has 0 atom stereocenters. The van der Waals surface area contributed by atoms with Crippen LogP contribution in [0.2, 0.25) is 0 Å². The molecule has 1 amide bonds. The lowest BCUT2D eigenvalue weighted by Crippen LogP contribution is -2.11. The first-order chi connectivity index (χ1) is 7.49. The molecule has 1 rings (SSSR count). The van der Waals surface area contributed by atoms with E-state index in [9.17, 15) is 9.59 Å². The molecule has 0 spiro atoms. The first kappa shape index (κ1) is 13.6. The normalized spacial score (nSPS) is 8.25. The summed E-state index contributed by atoms with van der Waals surface area (Å²) < 4.78 is 0. The van der Waals surface area contributed by atoms with Crippen LogP contribution in [0.3, 0.4) is 0 Å². The van der Waals surface area contributed by atoms with E-state index in [0.717, 1.165) is 11.6 Å². The number of carboxylic acid groups (broad SMARTS) is 1. The lowest BCUT2D eigenvalue weighted by molar-refractivity contribution is -0.131. The van der Waals surface area contributed by atoms with Gasteiger partial charge in [-0.3, -0.25) is 4.79 Å². The molecule has 0 unspecified atom stereocenters. The van der Waals surface area contributed by atoms with Gasteiger partial charge in [0, 0.05) is 11.6 Å². The summed E-state index contributed by atoms with van der Waals surface area (Å²) in [6.07, 6.45) is 0.833. The van der Waals surface area contributed by atoms with Gasteiger partial charge in [-0.1, -0.05) is 43.5 Å². The summed E-state index contributed by atoms with van der Waals surface area (Å²) in [6, 6.07) is 9.14. The molecule has 16 heavy (non-hydrogen) atoms. The van der Waals surface area contributed by atoms with Crippen molar-refractivity contribution in [3.8, 4) is 0 Å². The Hall–Kier alpha value is -2.36. The molecule has 0 saturated carbocycles. The second kappa shape index (κ2) is 7.00. The molecule has 3 N–H and O–H groups in total. The fourth-order valence-corrected chi connectivity index (χ4v) is 0.782. The zero-order valence-electron chi connectivity index (χ0n) is 8.72. The van der Waals surface area contributed by atoms with Gasteiger partial charge in [-0.2, -0.15) is 0 Å². The SMILES string of the molecule is C=C(C(N)=O)c1ccccc1.C=CC(=O)O. The molecular weight excluding hydrogens is 206 g/mol. The monoisotopic (exact) mass is 219 g/mol. The molecule has 0 saturated heterocycles. The van der Waals surface area contributed by atoms with Crippen LogP contribution in [-0.4, -0.2) is 17.0 Å². The van der Waals surface area contributed by atoms with E-state index >= 15 is 0 Å². The minimum atomic E-state index is -0.981. The minimum absolute atomic E-state index is 0.352. The Morgan fingerprint density at radius 3 is 2.00 bits per heavy atom. The third-order valence-corrected chi connectivity index (χ3v) is 1.59. The van der Waals surface area contributed by atoms with Crippen LogP contribution in [-0.2, 0) is 9.59 Å². The molecule has 0 aliphatic heterocycles. The first-order valence-corrected chi connectivity index (χ1v) is 4.38. The molecule has 4 nitrogen and oxygen atoms in total. The van der Waals surface area contributed by atoms with E-state index in [1.54, 1.807) is 12.1 Å². The van der Waals surface area contributed by atoms with Crippen molar-refractivity contribution in [3.63, 3.8) is 0 Å². The van der Waals surface area contributed by atoms with Crippen molar-refractivity contribution in [1.29, 1.82) is 0 Å². The zero-order chi connectivity index (χ0) is 12.6. The van der Waals surface area contributed by atoms with E-state index in [0.29, 0.717) is 5.57 Å². The Morgan fingerprint density at radius 1 is 1.25 bits per heavy atom. The van der Waals surface area contributed by atoms with Crippen LogP contribution in [0.25, 0.3) is 5.57 Å². The van der Waals surface area contributed by atoms with Crippen molar-refractivity contribution < 1.29 is 14.7 Å². The zero-order valence-corrected chi connectivity index (χ0v) is 8.72. The van der Waals surface area contributed by atoms with Gasteiger partial charge in [-0.05, 0) is 5.56 Å². The maximum atomic E-state index is 10.6. The van der Waals surface area contributed by atoms with Gasteiger partial charge >= 0.3 is 5.97 Å². The Kier molecular flexibility index (Phi) is 5.97. The van der Waals surface area contributed by atoms with Crippen LogP contribution in [0, 0.1) is 0 Å². The number of amides is 1. The number of benzene rings is 1. The molecule has 0 heterocycles. The number of rotatable bonds is 3. The Balaban J connectivity index is 0.000000385. The standard InChI is InChI=1S/C9H9NO.C3H4O2/c1-7(9(10)11)8-5-3-2-4-6-8;1-2-3(4)5/h2-6H,1H2,(H2,10,11);2H,1H2,(H,4,5). The molecule has 0 bridgehead atoms. The van der Waals surface area contributed by atoms with Crippen molar-refractivity contribution in [2.75, 3.05) is 0 Å². The predicted molar refractivity (Wildman–Crippen MR) is 62.5 cm³/mol. The molecule has 0 aliphatic carbocycles. The quantitative estimate of drug-likeness (QED) is 0.755. The number of aliphatic carboxylic acids is 1. The van der Waals surface area contributed by atoms with Crippen LogP contribution >= 0.6 is 0 Å². The van der Waals surface area contributed by atoms with Crippen molar-refractivity contribution >= 4 is 17.4 Å². The molecule has 0 radical (unpaired) electrons. The number of hydrogen-bond acceptors (Lipinski definition) is 2. The number of primary amides is 1. The topological polar surface area (TPSA) is 80.4 Å². The fraction of sp³-hybridized carbons (Fsp3) is 0. The van der Waals surface area contributed by atoms with Gasteiger partial charge in [0.1, 0.15) is 0 Å². The van der Waals surface area contributed by atoms with Gasteiger partial charge in [0.2, 0.25) is 5.91 Å². The highest BCUT2D eigenvalue weighted by Gasteiger charge is 2.02. The van der Waals surface area contributed by atoms with Gasteiger partial charge in [0.05, 0.1) is 0 Å². The molecule has 0 aliphatic rings. The lowest BCUT2D eigenvalue weighted by Gasteiger charge is -1.98. The molecule has 0 fully saturated rings. The first-order valence-electron chi connectivity index (χ1n) is 4.38. The lowest BCUT2D eigenvalue weighted by atomic mass is 10.1. The number of carbonyl (C=O) groups excluding carboxylic acids is 1. The Bertz CT molecular complexity index is 396. The molecule has 0 aromatic heterocycles. The van der Waals surface area contributed by atoms with Gasteiger partial charge < -0.3 is 10.8 Å². The van der Waals surface area contributed by atoms with Crippen molar-refractivity contribution in [3.05, 3.63) is 55.1 Å². The average Bonchev–Trinajstić information content (AvgIpc) is 2.29. The smallest absolute Gasteiger partial charge is 0.327 e. The number of carbonyl (C=O) groups is 2. The van der Waals surface area contributed by atoms with Crippen molar-refractivity contribution in [1.82, 2.24) is 0 Å². The number of hydrogen-bond donors (Lipinski definition) is 2. The molecule has 1 aromatic carbocycles. The van der Waals surface area contributed by atoms with E-state index in [1.165, 1.54) is 0 Å². The summed E-state index contributed by atoms with van der Waals surface area (Å²) in [5.41, 5.74) is 6.16. The second-order valence-corrected chi connectivity index (χ2v) is 2.75. The van der Waals surface area contributed by atoms with E-state index in [2.05, 4.69) is 13.2 Å². The number of nitrogens with two attached hydrogens (primary N) is 1. The maximum Gasteiger partial charge on any atom is 0.327 e. The highest BCUT2D eigenvalue weighted by atomic mass is 16.4. The Morgan fingerprint density at radius 2 is 1.69 bits per heavy atom. The van der Waals surface area contributed by atoms with E-state index in [-0.39, 0.29) is 0 Å². The average molecular weight is 219 g/mol. The summed E-state index contributed by atoms with van der Waals surface area (Å²) in [5.74, 6) is -1.46. The highest BCUT2D eigenvalue weighted by molar-refractivity contribution is 6.17. The van der Waals surface area contributed by atoms with Crippen LogP contribution in [0.1, 0.15) is 5.56 Å². The fourth-order valence-electron chi connectivity index (χ4n) is 0.782. The summed E-state index contributed by atoms with van der Waals surface area (Å²) in [6.45, 7) is 6.51. The van der Waals surface area contributed by atoms with E-state index < -0.39 is 11.9 Å². The predicted octanol–water partition coefficient (Wildman–Crippen LogP) is 1.44. The third-order valence-electron chi connectivity index (χ3n) is 1.59. The van der Waals surface area contributed by atoms with Crippen molar-refractivity contribution in [2.45, 2.75) is 0 Å². The van der Waals surface area contributed by atoms with Crippen LogP contribution in [0.4, 0.5) is 0 Å². The highest BCUT2D eigenvalue weighted by Crippen LogP contribution is 2.09. The number of carboxylic acids is 1. The minimum Gasteiger partial charge on any atom is -0.478 e. The van der Waals surface area contributed by atoms with E-state index in [4.69, 9.17) is 10.8 Å². The summed E-state index contributed by atoms with van der Waals surface area (Å²) >= 11 is 0. The largest absolute Gasteiger partial charge is 0.478 e. The van der Waals surface area contributed by atoms with Crippen LogP contribution in [0.5, 0.6) is 0 Å². The van der Waals surface area contributed by atoms with Crippen LogP contribution < -0.4 is 5.73 Å². The summed E-state index contributed by atoms with van der Waals surface area (Å²) in [7, 11) is 0. The second-order valence-electron chi connectivity index (χ2n) is 2.75. The van der Waals surface area contributed by atoms with Gasteiger partial charge in [-0.15, -0.1) is 0 Å². The van der Waals surface area contributed by atoms with Crippen LogP contribution in [0.15, 0.2) is 49.6 Å². The molecule has 4 heteroatoms. The molecular formula is C12H13NO3. The van der Waals surface area contributed by atoms with E-state index in [1.807, 2.05) is 18.2 Å². The van der Waals surface area contributed by atoms with Gasteiger partial charge in [0.15, 0.2) is 0 Å². The van der Waals surface area contributed by atoms with Gasteiger partial charge in [-0.25, -0.2) is 4.79 Å². The summed E-state index contributed by atoms with van der Waals surface area (Å²) in [4.78, 5) is 19.9. The van der Waals surface area contributed by atoms with Gasteiger partial charge in [0.25, 0.3) is 0 Å².